The number of hydrogen-bond donors (Lipinski definition) is 2. The largest absolute Gasteiger partial charge is 0.334 e. The molecule has 0 fully saturated rings. The van der Waals surface area contributed by atoms with Crippen LogP contribution in [0, 0.1) is 6.92 Å². The molecule has 1 heterocycles. The summed E-state index contributed by atoms with van der Waals surface area (Å²) in [5.41, 5.74) is 4.02. The minimum absolute atomic E-state index is 0.220. The number of aromatic nitrogens is 1. The second-order valence-corrected chi connectivity index (χ2v) is 6.11. The average Bonchev–Trinajstić information content (AvgIpc) is 3.09. The van der Waals surface area contributed by atoms with E-state index in [1.54, 1.807) is 17.5 Å². The van der Waals surface area contributed by atoms with Gasteiger partial charge < -0.3 is 10.6 Å². The minimum atomic E-state index is -0.220. The van der Waals surface area contributed by atoms with Gasteiger partial charge in [0, 0.05) is 29.4 Å². The highest BCUT2D eigenvalue weighted by Crippen LogP contribution is 2.24. The van der Waals surface area contributed by atoms with E-state index in [4.69, 9.17) is 0 Å². The maximum Gasteiger partial charge on any atom is 0.319 e. The molecule has 4 nitrogen and oxygen atoms in total. The first kappa shape index (κ1) is 15.2. The van der Waals surface area contributed by atoms with Gasteiger partial charge in [0.15, 0.2) is 0 Å². The molecule has 5 heteroatoms. The minimum Gasteiger partial charge on any atom is -0.334 e. The number of amides is 2. The molecule has 0 radical (unpaired) electrons. The topological polar surface area (TPSA) is 54.0 Å². The first-order valence-corrected chi connectivity index (χ1v) is 8.19. The van der Waals surface area contributed by atoms with Crippen LogP contribution in [0.1, 0.15) is 11.1 Å². The standard InChI is InChI=1S/C18H17N3OS/c1-13-5-7-14(8-6-13)12-20-18(22)21-16-4-2-3-15(11-16)17-19-9-10-23-17/h2-11H,12H2,1H3,(H2,20,21,22). The second kappa shape index (κ2) is 7.07. The van der Waals surface area contributed by atoms with Gasteiger partial charge in [-0.25, -0.2) is 9.78 Å². The van der Waals surface area contributed by atoms with E-state index < -0.39 is 0 Å². The molecule has 0 bridgehead atoms. The van der Waals surface area contributed by atoms with Crippen LogP contribution < -0.4 is 10.6 Å². The van der Waals surface area contributed by atoms with Crippen molar-refractivity contribution in [1.82, 2.24) is 10.3 Å². The molecule has 2 N–H and O–H groups in total. The van der Waals surface area contributed by atoms with Crippen molar-refractivity contribution >= 4 is 23.1 Å². The van der Waals surface area contributed by atoms with Gasteiger partial charge in [0.1, 0.15) is 5.01 Å². The van der Waals surface area contributed by atoms with Crippen molar-refractivity contribution in [3.05, 3.63) is 71.2 Å². The number of hydrogen-bond acceptors (Lipinski definition) is 3. The number of anilines is 1. The Bertz CT molecular complexity index is 782. The monoisotopic (exact) mass is 323 g/mol. The number of benzene rings is 2. The third kappa shape index (κ3) is 4.17. The van der Waals surface area contributed by atoms with Gasteiger partial charge in [0.25, 0.3) is 0 Å². The quantitative estimate of drug-likeness (QED) is 0.746. The Kier molecular flexibility index (Phi) is 4.68. The van der Waals surface area contributed by atoms with E-state index in [-0.39, 0.29) is 6.03 Å². The highest BCUT2D eigenvalue weighted by atomic mass is 32.1. The van der Waals surface area contributed by atoms with Crippen molar-refractivity contribution in [3.8, 4) is 10.6 Å². The summed E-state index contributed by atoms with van der Waals surface area (Å²) in [4.78, 5) is 16.3. The Hall–Kier alpha value is -2.66. The molecule has 0 aliphatic rings. The Morgan fingerprint density at radius 3 is 2.74 bits per heavy atom. The molecule has 2 amide bonds. The van der Waals surface area contributed by atoms with Crippen LogP contribution in [0.3, 0.4) is 0 Å². The number of rotatable bonds is 4. The zero-order valence-electron chi connectivity index (χ0n) is 12.7. The first-order valence-electron chi connectivity index (χ1n) is 7.31. The molecular formula is C18H17N3OS. The molecule has 3 rings (SSSR count). The second-order valence-electron chi connectivity index (χ2n) is 5.21. The van der Waals surface area contributed by atoms with E-state index in [2.05, 4.69) is 15.6 Å². The van der Waals surface area contributed by atoms with E-state index >= 15 is 0 Å². The Morgan fingerprint density at radius 1 is 1.17 bits per heavy atom. The lowest BCUT2D eigenvalue weighted by Crippen LogP contribution is -2.28. The van der Waals surface area contributed by atoms with Gasteiger partial charge in [0.2, 0.25) is 0 Å². The van der Waals surface area contributed by atoms with Crippen LogP contribution >= 0.6 is 11.3 Å². The summed E-state index contributed by atoms with van der Waals surface area (Å²) in [7, 11) is 0. The third-order valence-electron chi connectivity index (χ3n) is 3.37. The van der Waals surface area contributed by atoms with E-state index in [0.717, 1.165) is 21.8 Å². The van der Waals surface area contributed by atoms with Crippen LogP contribution in [0.25, 0.3) is 10.6 Å². The molecule has 0 atom stereocenters. The van der Waals surface area contributed by atoms with Crippen molar-refractivity contribution in [3.63, 3.8) is 0 Å². The number of aryl methyl sites for hydroxylation is 1. The fourth-order valence-electron chi connectivity index (χ4n) is 2.16. The molecule has 0 spiro atoms. The van der Waals surface area contributed by atoms with E-state index in [0.29, 0.717) is 6.54 Å². The molecule has 1 aromatic heterocycles. The summed E-state index contributed by atoms with van der Waals surface area (Å²) in [6.07, 6.45) is 1.77. The maximum absolute atomic E-state index is 12.0. The van der Waals surface area contributed by atoms with Crippen LogP contribution in [-0.2, 0) is 6.54 Å². The van der Waals surface area contributed by atoms with Gasteiger partial charge in [0.05, 0.1) is 0 Å². The highest BCUT2D eigenvalue weighted by molar-refractivity contribution is 7.13. The van der Waals surface area contributed by atoms with Crippen molar-refractivity contribution in [1.29, 1.82) is 0 Å². The van der Waals surface area contributed by atoms with E-state index in [1.807, 2.05) is 60.8 Å². The summed E-state index contributed by atoms with van der Waals surface area (Å²) >= 11 is 1.57. The maximum atomic E-state index is 12.0. The molecular weight excluding hydrogens is 306 g/mol. The lowest BCUT2D eigenvalue weighted by atomic mass is 10.1. The number of urea groups is 1. The van der Waals surface area contributed by atoms with Gasteiger partial charge in [-0.1, -0.05) is 42.0 Å². The molecule has 0 saturated heterocycles. The summed E-state index contributed by atoms with van der Waals surface area (Å²) in [5.74, 6) is 0. The first-order chi connectivity index (χ1) is 11.2. The van der Waals surface area contributed by atoms with Crippen LogP contribution in [0.4, 0.5) is 10.5 Å². The van der Waals surface area contributed by atoms with Crippen molar-refractivity contribution in [2.75, 3.05) is 5.32 Å². The third-order valence-corrected chi connectivity index (χ3v) is 4.20. The molecule has 0 saturated carbocycles. The van der Waals surface area contributed by atoms with Gasteiger partial charge in [-0.15, -0.1) is 11.3 Å². The smallest absolute Gasteiger partial charge is 0.319 e. The molecule has 0 aliphatic carbocycles. The number of nitrogens with one attached hydrogen (secondary N) is 2. The van der Waals surface area contributed by atoms with Gasteiger partial charge in [-0.2, -0.15) is 0 Å². The average molecular weight is 323 g/mol. The Balaban J connectivity index is 1.59. The zero-order valence-corrected chi connectivity index (χ0v) is 13.6. The summed E-state index contributed by atoms with van der Waals surface area (Å²) in [6, 6.07) is 15.5. The lowest BCUT2D eigenvalue weighted by molar-refractivity contribution is 0.251. The molecule has 2 aromatic carbocycles. The van der Waals surface area contributed by atoms with Crippen molar-refractivity contribution < 1.29 is 4.79 Å². The molecule has 23 heavy (non-hydrogen) atoms. The van der Waals surface area contributed by atoms with Crippen LogP contribution in [0.15, 0.2) is 60.1 Å². The molecule has 0 aliphatic heterocycles. The fourth-order valence-corrected chi connectivity index (χ4v) is 2.79. The van der Waals surface area contributed by atoms with Crippen molar-refractivity contribution in [2.45, 2.75) is 13.5 Å². The number of nitrogens with zero attached hydrogens (tertiary/aromatic N) is 1. The fraction of sp³-hybridized carbons (Fsp3) is 0.111. The van der Waals surface area contributed by atoms with Gasteiger partial charge in [-0.3, -0.25) is 0 Å². The Morgan fingerprint density at radius 2 is 2.00 bits per heavy atom. The molecule has 3 aromatic rings. The highest BCUT2D eigenvalue weighted by Gasteiger charge is 2.05. The zero-order chi connectivity index (χ0) is 16.1. The predicted molar refractivity (Wildman–Crippen MR) is 94.6 cm³/mol. The summed E-state index contributed by atoms with van der Waals surface area (Å²) < 4.78 is 0. The number of carbonyl (C=O) groups is 1. The van der Waals surface area contributed by atoms with E-state index in [9.17, 15) is 4.79 Å². The number of carbonyl (C=O) groups excluding carboxylic acids is 1. The molecule has 0 unspecified atom stereocenters. The van der Waals surface area contributed by atoms with Crippen molar-refractivity contribution in [2.24, 2.45) is 0 Å². The predicted octanol–water partition coefficient (Wildman–Crippen LogP) is 4.44. The normalized spacial score (nSPS) is 10.3. The van der Waals surface area contributed by atoms with Gasteiger partial charge in [-0.05, 0) is 24.6 Å². The summed E-state index contributed by atoms with van der Waals surface area (Å²) in [6.45, 7) is 2.54. The van der Waals surface area contributed by atoms with Crippen LogP contribution in [0.2, 0.25) is 0 Å². The van der Waals surface area contributed by atoms with Gasteiger partial charge >= 0.3 is 6.03 Å². The lowest BCUT2D eigenvalue weighted by Gasteiger charge is -2.09. The number of thiazole rings is 1. The Labute approximate surface area is 139 Å². The van der Waals surface area contributed by atoms with Crippen LogP contribution in [0.5, 0.6) is 0 Å². The molecule has 116 valence electrons. The van der Waals surface area contributed by atoms with Crippen LogP contribution in [-0.4, -0.2) is 11.0 Å². The summed E-state index contributed by atoms with van der Waals surface area (Å²) in [5, 5.41) is 8.58. The SMILES string of the molecule is Cc1ccc(CNC(=O)Nc2cccc(-c3nccs3)c2)cc1. The van der Waals surface area contributed by atoms with E-state index in [1.165, 1.54) is 5.56 Å².